The van der Waals surface area contributed by atoms with E-state index in [2.05, 4.69) is 138 Å². The summed E-state index contributed by atoms with van der Waals surface area (Å²) in [5.41, 5.74) is 5.28. The molecule has 2 aromatic heterocycles. The summed E-state index contributed by atoms with van der Waals surface area (Å²) < 4.78 is 9.05. The molecule has 0 unspecified atom stereocenters. The van der Waals surface area contributed by atoms with Gasteiger partial charge >= 0.3 is 0 Å². The summed E-state index contributed by atoms with van der Waals surface area (Å²) in [4.78, 5) is 2.39. The average Bonchev–Trinajstić information content (AvgIpc) is 3.60. The van der Waals surface area contributed by atoms with Crippen LogP contribution in [0.5, 0.6) is 0 Å². The SMILES string of the molecule is c1ccc(N(c2ccc3c(ccc4ccccc43)c2)c2cccc3sc4ccc5c6ccccc6oc5c4c23)cc1. The third kappa shape index (κ3) is 3.36. The maximum absolute atomic E-state index is 6.57. The van der Waals surface area contributed by atoms with Crippen LogP contribution in [0.3, 0.4) is 0 Å². The molecule has 3 heteroatoms. The Morgan fingerprint density at radius 2 is 1.20 bits per heavy atom. The Morgan fingerprint density at radius 3 is 2.12 bits per heavy atom. The summed E-state index contributed by atoms with van der Waals surface area (Å²) in [5.74, 6) is 0. The fraction of sp³-hybridized carbons (Fsp3) is 0. The second-order valence-electron chi connectivity index (χ2n) is 10.5. The molecule has 0 aliphatic carbocycles. The minimum absolute atomic E-state index is 0.925. The number of benzene rings is 7. The van der Waals surface area contributed by atoms with Gasteiger partial charge in [-0.2, -0.15) is 0 Å². The van der Waals surface area contributed by atoms with Crippen molar-refractivity contribution in [2.24, 2.45) is 0 Å². The van der Waals surface area contributed by atoms with E-state index in [9.17, 15) is 0 Å². The number of hydrogen-bond acceptors (Lipinski definition) is 3. The minimum Gasteiger partial charge on any atom is -0.455 e. The second kappa shape index (κ2) is 8.69. The number of thiophene rings is 1. The molecule has 0 radical (unpaired) electrons. The summed E-state index contributed by atoms with van der Waals surface area (Å²) in [5, 5.41) is 9.75. The van der Waals surface area contributed by atoms with Gasteiger partial charge in [0.1, 0.15) is 11.2 Å². The van der Waals surface area contributed by atoms with Gasteiger partial charge < -0.3 is 9.32 Å². The lowest BCUT2D eigenvalue weighted by Gasteiger charge is -2.27. The topological polar surface area (TPSA) is 16.4 Å². The van der Waals surface area contributed by atoms with E-state index in [-0.39, 0.29) is 0 Å². The van der Waals surface area contributed by atoms with Crippen LogP contribution in [-0.4, -0.2) is 0 Å². The van der Waals surface area contributed by atoms with Crippen LogP contribution in [0.4, 0.5) is 17.1 Å². The zero-order valence-electron chi connectivity index (χ0n) is 22.0. The van der Waals surface area contributed by atoms with Crippen molar-refractivity contribution in [1.82, 2.24) is 0 Å². The predicted molar refractivity (Wildman–Crippen MR) is 176 cm³/mol. The molecule has 0 bridgehead atoms. The predicted octanol–water partition coefficient (Wildman–Crippen LogP) is 11.7. The van der Waals surface area contributed by atoms with E-state index in [1.54, 1.807) is 0 Å². The largest absolute Gasteiger partial charge is 0.455 e. The molecule has 9 rings (SSSR count). The quantitative estimate of drug-likeness (QED) is 0.207. The maximum atomic E-state index is 6.57. The zero-order chi connectivity index (χ0) is 26.9. The molecule has 0 fully saturated rings. The van der Waals surface area contributed by atoms with Crippen LogP contribution in [0.2, 0.25) is 0 Å². The lowest BCUT2D eigenvalue weighted by atomic mass is 10.0. The number of furan rings is 1. The molecule has 0 saturated carbocycles. The van der Waals surface area contributed by atoms with Gasteiger partial charge in [-0.05, 0) is 76.1 Å². The number of fused-ring (bicyclic) bond motifs is 10. The number of rotatable bonds is 3. The van der Waals surface area contributed by atoms with Gasteiger partial charge in [-0.25, -0.2) is 0 Å². The second-order valence-corrected chi connectivity index (χ2v) is 11.6. The van der Waals surface area contributed by atoms with E-state index >= 15 is 0 Å². The van der Waals surface area contributed by atoms with Crippen LogP contribution < -0.4 is 4.90 Å². The summed E-state index contributed by atoms with van der Waals surface area (Å²) in [7, 11) is 0. The molecule has 9 aromatic rings. The molecule has 0 saturated heterocycles. The van der Waals surface area contributed by atoms with Crippen LogP contribution in [0.1, 0.15) is 0 Å². The van der Waals surface area contributed by atoms with Gasteiger partial charge in [-0.15, -0.1) is 11.3 Å². The van der Waals surface area contributed by atoms with Gasteiger partial charge in [0.25, 0.3) is 0 Å². The van der Waals surface area contributed by atoms with Crippen molar-refractivity contribution in [3.63, 3.8) is 0 Å². The van der Waals surface area contributed by atoms with Crippen molar-refractivity contribution >= 4 is 92.1 Å². The molecule has 7 aromatic carbocycles. The van der Waals surface area contributed by atoms with Gasteiger partial charge in [0.05, 0.1) is 5.69 Å². The lowest BCUT2D eigenvalue weighted by molar-refractivity contribution is 0.673. The lowest BCUT2D eigenvalue weighted by Crippen LogP contribution is -2.10. The van der Waals surface area contributed by atoms with Crippen molar-refractivity contribution in [2.75, 3.05) is 4.90 Å². The Bertz CT molecular complexity index is 2430. The number of hydrogen-bond donors (Lipinski definition) is 0. The van der Waals surface area contributed by atoms with Gasteiger partial charge in [0.15, 0.2) is 0 Å². The Hall–Kier alpha value is -5.12. The van der Waals surface area contributed by atoms with Crippen molar-refractivity contribution in [3.8, 4) is 0 Å². The van der Waals surface area contributed by atoms with E-state index in [1.165, 1.54) is 41.7 Å². The van der Waals surface area contributed by atoms with Gasteiger partial charge in [0.2, 0.25) is 0 Å². The van der Waals surface area contributed by atoms with Gasteiger partial charge in [-0.3, -0.25) is 0 Å². The molecule has 41 heavy (non-hydrogen) atoms. The van der Waals surface area contributed by atoms with Crippen LogP contribution >= 0.6 is 11.3 Å². The first-order chi connectivity index (χ1) is 20.3. The molecule has 0 spiro atoms. The number of para-hydroxylation sites is 2. The average molecular weight is 542 g/mol. The summed E-state index contributed by atoms with van der Waals surface area (Å²) in [6, 6.07) is 50.0. The normalized spacial score (nSPS) is 11.9. The van der Waals surface area contributed by atoms with Crippen LogP contribution in [0.15, 0.2) is 144 Å². The molecule has 0 amide bonds. The van der Waals surface area contributed by atoms with E-state index < -0.39 is 0 Å². The van der Waals surface area contributed by atoms with Crippen molar-refractivity contribution in [1.29, 1.82) is 0 Å². The molecule has 0 atom stereocenters. The third-order valence-corrected chi connectivity index (χ3v) is 9.35. The molecule has 0 N–H and O–H groups in total. The molecule has 0 aliphatic heterocycles. The first-order valence-corrected chi connectivity index (χ1v) is 14.7. The fourth-order valence-electron chi connectivity index (χ4n) is 6.40. The fourth-order valence-corrected chi connectivity index (χ4v) is 7.52. The van der Waals surface area contributed by atoms with E-state index in [0.29, 0.717) is 0 Å². The molecule has 0 aliphatic rings. The minimum atomic E-state index is 0.925. The third-order valence-electron chi connectivity index (χ3n) is 8.22. The molecule has 192 valence electrons. The highest BCUT2D eigenvalue weighted by Crippen LogP contribution is 2.48. The number of nitrogens with zero attached hydrogens (tertiary/aromatic N) is 1. The summed E-state index contributed by atoms with van der Waals surface area (Å²) in [6.07, 6.45) is 0. The van der Waals surface area contributed by atoms with Crippen molar-refractivity contribution in [3.05, 3.63) is 140 Å². The van der Waals surface area contributed by atoms with E-state index in [1.807, 2.05) is 17.4 Å². The van der Waals surface area contributed by atoms with E-state index in [4.69, 9.17) is 4.42 Å². The molecule has 2 nitrogen and oxygen atoms in total. The first-order valence-electron chi connectivity index (χ1n) is 13.9. The molecular weight excluding hydrogens is 518 g/mol. The summed E-state index contributed by atoms with van der Waals surface area (Å²) >= 11 is 1.83. The van der Waals surface area contributed by atoms with Crippen molar-refractivity contribution in [2.45, 2.75) is 0 Å². The molecular formula is C38H23NOS. The Balaban J connectivity index is 1.37. The molecule has 2 heterocycles. The van der Waals surface area contributed by atoms with Gasteiger partial charge in [-0.1, -0.05) is 84.9 Å². The van der Waals surface area contributed by atoms with Gasteiger partial charge in [0, 0.05) is 42.3 Å². The Kier molecular flexibility index (Phi) is 4.80. The standard InChI is InChI=1S/C38H23NOS/c1-2-10-26(11-3-1)39(27-19-20-29-25(23-27)18-17-24-9-4-5-12-28(24)29)32-14-8-16-34-36(32)37-35(41-34)22-21-31-30-13-6-7-15-33(30)40-38(31)37/h1-23H. The van der Waals surface area contributed by atoms with Crippen LogP contribution in [0, 0.1) is 0 Å². The highest BCUT2D eigenvalue weighted by atomic mass is 32.1. The zero-order valence-corrected chi connectivity index (χ0v) is 22.9. The maximum Gasteiger partial charge on any atom is 0.144 e. The number of anilines is 3. The van der Waals surface area contributed by atoms with Crippen molar-refractivity contribution < 1.29 is 4.42 Å². The highest BCUT2D eigenvalue weighted by molar-refractivity contribution is 7.26. The highest BCUT2D eigenvalue weighted by Gasteiger charge is 2.21. The first kappa shape index (κ1) is 22.7. The van der Waals surface area contributed by atoms with Crippen LogP contribution in [0.25, 0.3) is 63.7 Å². The smallest absolute Gasteiger partial charge is 0.144 e. The Morgan fingerprint density at radius 1 is 0.463 bits per heavy atom. The monoisotopic (exact) mass is 541 g/mol. The Labute approximate surface area is 240 Å². The summed E-state index contributed by atoms with van der Waals surface area (Å²) in [6.45, 7) is 0. The van der Waals surface area contributed by atoms with Crippen LogP contribution in [-0.2, 0) is 0 Å². The van der Waals surface area contributed by atoms with E-state index in [0.717, 1.165) is 39.0 Å².